The van der Waals surface area contributed by atoms with Crippen molar-refractivity contribution in [3.63, 3.8) is 0 Å². The number of aromatic nitrogens is 2. The van der Waals surface area contributed by atoms with Crippen LogP contribution in [0, 0.1) is 20.8 Å². The zero-order chi connectivity index (χ0) is 17.4. The minimum atomic E-state index is -0.791. The number of aryl methyl sites for hydroxylation is 2. The SMILES string of the molecule is Cc1ccc(C(=O)OCC(=O)c2cc(C)n(C3CC3)c2C)c(=O)[nH]1. The van der Waals surface area contributed by atoms with Crippen molar-refractivity contribution >= 4 is 11.8 Å². The van der Waals surface area contributed by atoms with Crippen LogP contribution < -0.4 is 5.56 Å². The number of nitrogens with zero attached hydrogens (tertiary/aromatic N) is 1. The molecule has 0 bridgehead atoms. The number of rotatable bonds is 5. The molecule has 1 N–H and O–H groups in total. The minimum absolute atomic E-state index is 0.100. The molecular formula is C18H20N2O4. The first kappa shape index (κ1) is 16.2. The molecule has 1 aliphatic rings. The molecule has 2 heterocycles. The second-order valence-electron chi connectivity index (χ2n) is 6.27. The van der Waals surface area contributed by atoms with Gasteiger partial charge in [0.15, 0.2) is 6.61 Å². The Morgan fingerprint density at radius 1 is 1.21 bits per heavy atom. The Kier molecular flexibility index (Phi) is 4.13. The van der Waals surface area contributed by atoms with Crippen molar-refractivity contribution in [2.45, 2.75) is 39.7 Å². The molecule has 2 aromatic heterocycles. The van der Waals surface area contributed by atoms with E-state index in [0.29, 0.717) is 17.3 Å². The van der Waals surface area contributed by atoms with Crippen LogP contribution in [0.4, 0.5) is 0 Å². The zero-order valence-corrected chi connectivity index (χ0v) is 14.0. The van der Waals surface area contributed by atoms with Gasteiger partial charge in [-0.05, 0) is 51.8 Å². The Morgan fingerprint density at radius 3 is 2.54 bits per heavy atom. The van der Waals surface area contributed by atoms with Gasteiger partial charge in [0.05, 0.1) is 0 Å². The molecule has 1 fully saturated rings. The number of Topliss-reactive ketones (excluding diaryl/α,β-unsaturated/α-hetero) is 1. The third-order valence-corrected chi connectivity index (χ3v) is 4.31. The summed E-state index contributed by atoms with van der Waals surface area (Å²) in [7, 11) is 0. The van der Waals surface area contributed by atoms with E-state index in [2.05, 4.69) is 9.55 Å². The first-order valence-corrected chi connectivity index (χ1v) is 7.97. The highest BCUT2D eigenvalue weighted by Crippen LogP contribution is 2.38. The number of hydrogen-bond acceptors (Lipinski definition) is 4. The number of esters is 1. The van der Waals surface area contributed by atoms with Crippen molar-refractivity contribution in [2.75, 3.05) is 6.61 Å². The number of carbonyl (C=O) groups is 2. The molecule has 0 aliphatic heterocycles. The van der Waals surface area contributed by atoms with E-state index < -0.39 is 11.5 Å². The van der Waals surface area contributed by atoms with E-state index in [0.717, 1.165) is 24.2 Å². The summed E-state index contributed by atoms with van der Waals surface area (Å²) in [6.07, 6.45) is 2.27. The lowest BCUT2D eigenvalue weighted by atomic mass is 10.1. The molecule has 24 heavy (non-hydrogen) atoms. The zero-order valence-electron chi connectivity index (χ0n) is 14.0. The Morgan fingerprint density at radius 2 is 1.92 bits per heavy atom. The molecular weight excluding hydrogens is 308 g/mol. The van der Waals surface area contributed by atoms with Gasteiger partial charge >= 0.3 is 5.97 Å². The number of carbonyl (C=O) groups excluding carboxylic acids is 2. The molecule has 0 radical (unpaired) electrons. The standard InChI is InChI=1S/C18H20N2O4/c1-10-4-7-14(17(22)19-10)18(23)24-9-16(21)15-8-11(2)20(12(15)3)13-5-6-13/h4,7-8,13H,5-6,9H2,1-3H3,(H,19,22). The summed E-state index contributed by atoms with van der Waals surface area (Å²) in [4.78, 5) is 38.6. The van der Waals surface area contributed by atoms with Gasteiger partial charge in [0.25, 0.3) is 5.56 Å². The summed E-state index contributed by atoms with van der Waals surface area (Å²) in [6, 6.07) is 5.34. The van der Waals surface area contributed by atoms with Gasteiger partial charge < -0.3 is 14.3 Å². The van der Waals surface area contributed by atoms with Crippen LogP contribution in [0.5, 0.6) is 0 Å². The molecule has 2 aromatic rings. The van der Waals surface area contributed by atoms with E-state index in [-0.39, 0.29) is 18.0 Å². The largest absolute Gasteiger partial charge is 0.454 e. The van der Waals surface area contributed by atoms with E-state index in [9.17, 15) is 14.4 Å². The van der Waals surface area contributed by atoms with Crippen LogP contribution in [0.2, 0.25) is 0 Å². The molecule has 126 valence electrons. The highest BCUT2D eigenvalue weighted by Gasteiger charge is 2.28. The Balaban J connectivity index is 1.70. The van der Waals surface area contributed by atoms with Gasteiger partial charge in [-0.25, -0.2) is 4.79 Å². The normalized spacial score (nSPS) is 13.8. The van der Waals surface area contributed by atoms with Crippen molar-refractivity contribution in [1.29, 1.82) is 0 Å². The molecule has 6 heteroatoms. The maximum absolute atomic E-state index is 12.4. The van der Waals surface area contributed by atoms with Crippen molar-refractivity contribution < 1.29 is 14.3 Å². The Hall–Kier alpha value is -2.63. The van der Waals surface area contributed by atoms with Gasteiger partial charge in [0.1, 0.15) is 5.56 Å². The summed E-state index contributed by atoms with van der Waals surface area (Å²) in [6.45, 7) is 5.22. The lowest BCUT2D eigenvalue weighted by Crippen LogP contribution is -2.22. The fraction of sp³-hybridized carbons (Fsp3) is 0.389. The van der Waals surface area contributed by atoms with Crippen LogP contribution in [0.25, 0.3) is 0 Å². The third kappa shape index (κ3) is 3.04. The number of H-pyrrole nitrogens is 1. The molecule has 3 rings (SSSR count). The number of ketones is 1. The summed E-state index contributed by atoms with van der Waals surface area (Å²) in [5.41, 5.74) is 2.56. The van der Waals surface area contributed by atoms with Crippen LogP contribution in [0.1, 0.15) is 56.7 Å². The maximum atomic E-state index is 12.4. The second-order valence-corrected chi connectivity index (χ2v) is 6.27. The van der Waals surface area contributed by atoms with Crippen LogP contribution in [0.15, 0.2) is 23.0 Å². The van der Waals surface area contributed by atoms with Gasteiger partial charge in [-0.3, -0.25) is 9.59 Å². The Bertz CT molecular complexity index is 872. The Labute approximate surface area is 139 Å². The molecule has 0 spiro atoms. The van der Waals surface area contributed by atoms with Gasteiger partial charge in [0.2, 0.25) is 5.78 Å². The van der Waals surface area contributed by atoms with Crippen LogP contribution >= 0.6 is 0 Å². The molecule has 0 aromatic carbocycles. The number of hydrogen-bond donors (Lipinski definition) is 1. The predicted octanol–water partition coefficient (Wildman–Crippen LogP) is 2.48. The molecule has 0 amide bonds. The lowest BCUT2D eigenvalue weighted by Gasteiger charge is -2.08. The number of aromatic amines is 1. The summed E-state index contributed by atoms with van der Waals surface area (Å²) < 4.78 is 7.19. The average molecular weight is 328 g/mol. The predicted molar refractivity (Wildman–Crippen MR) is 88.6 cm³/mol. The quantitative estimate of drug-likeness (QED) is 0.675. The molecule has 6 nitrogen and oxygen atoms in total. The molecule has 0 atom stereocenters. The first-order valence-electron chi connectivity index (χ1n) is 7.97. The summed E-state index contributed by atoms with van der Waals surface area (Å²) >= 11 is 0. The fourth-order valence-corrected chi connectivity index (χ4v) is 2.97. The molecule has 0 saturated heterocycles. The van der Waals surface area contributed by atoms with Crippen LogP contribution in [-0.2, 0) is 4.74 Å². The van der Waals surface area contributed by atoms with Crippen molar-refractivity contribution in [3.8, 4) is 0 Å². The monoisotopic (exact) mass is 328 g/mol. The van der Waals surface area contributed by atoms with E-state index in [4.69, 9.17) is 4.74 Å². The van der Waals surface area contributed by atoms with Gasteiger partial charge in [-0.2, -0.15) is 0 Å². The highest BCUT2D eigenvalue weighted by molar-refractivity contribution is 6.00. The topological polar surface area (TPSA) is 81.2 Å². The molecule has 0 unspecified atom stereocenters. The number of ether oxygens (including phenoxy) is 1. The summed E-state index contributed by atoms with van der Waals surface area (Å²) in [5, 5.41) is 0. The van der Waals surface area contributed by atoms with Crippen molar-refractivity contribution in [3.05, 3.63) is 56.8 Å². The van der Waals surface area contributed by atoms with Gasteiger partial charge in [-0.15, -0.1) is 0 Å². The van der Waals surface area contributed by atoms with Crippen LogP contribution in [0.3, 0.4) is 0 Å². The minimum Gasteiger partial charge on any atom is -0.454 e. The average Bonchev–Trinajstić information content (AvgIpc) is 3.30. The van der Waals surface area contributed by atoms with E-state index >= 15 is 0 Å². The maximum Gasteiger partial charge on any atom is 0.344 e. The molecule has 1 aliphatic carbocycles. The molecule has 1 saturated carbocycles. The second kappa shape index (κ2) is 6.11. The highest BCUT2D eigenvalue weighted by atomic mass is 16.5. The lowest BCUT2D eigenvalue weighted by molar-refractivity contribution is 0.0472. The van der Waals surface area contributed by atoms with Gasteiger partial charge in [0, 0.05) is 28.7 Å². The van der Waals surface area contributed by atoms with Crippen molar-refractivity contribution in [1.82, 2.24) is 9.55 Å². The smallest absolute Gasteiger partial charge is 0.344 e. The third-order valence-electron chi connectivity index (χ3n) is 4.31. The van der Waals surface area contributed by atoms with Crippen LogP contribution in [-0.4, -0.2) is 27.9 Å². The fourth-order valence-electron chi connectivity index (χ4n) is 2.97. The van der Waals surface area contributed by atoms with Crippen molar-refractivity contribution in [2.24, 2.45) is 0 Å². The van der Waals surface area contributed by atoms with E-state index in [1.165, 1.54) is 6.07 Å². The van der Waals surface area contributed by atoms with Gasteiger partial charge in [-0.1, -0.05) is 0 Å². The van der Waals surface area contributed by atoms with E-state index in [1.807, 2.05) is 19.9 Å². The number of pyridine rings is 1. The summed E-state index contributed by atoms with van der Waals surface area (Å²) in [5.74, 6) is -1.05. The first-order chi connectivity index (χ1) is 11.4. The number of nitrogens with one attached hydrogen (secondary N) is 1. The van der Waals surface area contributed by atoms with E-state index in [1.54, 1.807) is 13.0 Å².